The van der Waals surface area contributed by atoms with Crippen LogP contribution in [0.3, 0.4) is 0 Å². The molecule has 0 saturated carbocycles. The molecule has 6 nitrogen and oxygen atoms in total. The third-order valence-corrected chi connectivity index (χ3v) is 6.02. The Morgan fingerprint density at radius 2 is 1.74 bits per heavy atom. The summed E-state index contributed by atoms with van der Waals surface area (Å²) in [7, 11) is 0. The van der Waals surface area contributed by atoms with Crippen molar-refractivity contribution in [2.45, 2.75) is 12.6 Å². The monoisotopic (exact) mass is 477 g/mol. The van der Waals surface area contributed by atoms with E-state index in [9.17, 15) is 14.3 Å². The first-order valence-corrected chi connectivity index (χ1v) is 11.2. The highest BCUT2D eigenvalue weighted by molar-refractivity contribution is 6.30. The minimum absolute atomic E-state index is 0.0325. The van der Waals surface area contributed by atoms with E-state index in [1.807, 2.05) is 30.5 Å². The molecule has 1 aliphatic heterocycles. The number of aromatic nitrogens is 2. The highest BCUT2D eigenvalue weighted by atomic mass is 35.5. The van der Waals surface area contributed by atoms with Crippen molar-refractivity contribution in [3.63, 3.8) is 0 Å². The summed E-state index contributed by atoms with van der Waals surface area (Å²) in [5, 5.41) is 14.9. The molecule has 0 aliphatic carbocycles. The second-order valence-corrected chi connectivity index (χ2v) is 8.46. The van der Waals surface area contributed by atoms with Gasteiger partial charge < -0.3 is 14.7 Å². The molecule has 3 aromatic carbocycles. The van der Waals surface area contributed by atoms with Gasteiger partial charge in [0.2, 0.25) is 0 Å². The SMILES string of the molecule is O=C1COC(c2cn(-c3ccc(Cl)cc3)nc2-c2ccc(F)cc2)N1CCc1ccc(O)cc1. The number of phenols is 1. The zero-order valence-electron chi connectivity index (χ0n) is 18.1. The molecule has 1 fully saturated rings. The summed E-state index contributed by atoms with van der Waals surface area (Å²) in [5.41, 5.74) is 3.80. The van der Waals surface area contributed by atoms with Crippen LogP contribution in [0.15, 0.2) is 79.0 Å². The van der Waals surface area contributed by atoms with E-state index in [0.717, 1.165) is 11.3 Å². The first-order valence-electron chi connectivity index (χ1n) is 10.8. The Hall–Kier alpha value is -3.68. The molecule has 1 N–H and O–H groups in total. The summed E-state index contributed by atoms with van der Waals surface area (Å²) in [6, 6.07) is 20.2. The van der Waals surface area contributed by atoms with Crippen LogP contribution in [-0.2, 0) is 16.0 Å². The van der Waals surface area contributed by atoms with Crippen molar-refractivity contribution in [2.24, 2.45) is 0 Å². The zero-order valence-corrected chi connectivity index (χ0v) is 18.8. The lowest BCUT2D eigenvalue weighted by atomic mass is 10.1. The Balaban J connectivity index is 1.50. The van der Waals surface area contributed by atoms with Crippen LogP contribution < -0.4 is 0 Å². The second kappa shape index (κ2) is 9.29. The number of phenolic OH excluding ortho intramolecular Hbond substituents is 1. The predicted octanol–water partition coefficient (Wildman–Crippen LogP) is 5.14. The van der Waals surface area contributed by atoms with E-state index >= 15 is 0 Å². The summed E-state index contributed by atoms with van der Waals surface area (Å²) in [6.07, 6.45) is 1.80. The van der Waals surface area contributed by atoms with Crippen LogP contribution in [0.4, 0.5) is 4.39 Å². The van der Waals surface area contributed by atoms with E-state index in [1.54, 1.807) is 46.0 Å². The number of amides is 1. The number of nitrogens with zero attached hydrogens (tertiary/aromatic N) is 3. The summed E-state index contributed by atoms with van der Waals surface area (Å²) < 4.78 is 21.2. The van der Waals surface area contributed by atoms with Crippen LogP contribution in [0.5, 0.6) is 5.75 Å². The highest BCUT2D eigenvalue weighted by Gasteiger charge is 2.36. The van der Waals surface area contributed by atoms with Crippen molar-refractivity contribution in [1.29, 1.82) is 0 Å². The van der Waals surface area contributed by atoms with Gasteiger partial charge in [-0.15, -0.1) is 0 Å². The standard InChI is InChI=1S/C26H21ClFN3O3/c27-19-5-9-21(10-6-19)31-15-23(25(29-31)18-3-7-20(28)8-4-18)26-30(24(33)16-34-26)14-13-17-1-11-22(32)12-2-17/h1-12,15,26,32H,13-14,16H2. The lowest BCUT2D eigenvalue weighted by Crippen LogP contribution is -2.30. The third kappa shape index (κ3) is 4.53. The maximum atomic E-state index is 13.6. The van der Waals surface area contributed by atoms with Gasteiger partial charge in [-0.2, -0.15) is 5.10 Å². The van der Waals surface area contributed by atoms with Gasteiger partial charge in [0.15, 0.2) is 6.23 Å². The molecule has 34 heavy (non-hydrogen) atoms. The Bertz CT molecular complexity index is 1300. The Kier molecular flexibility index (Phi) is 6.04. The lowest BCUT2D eigenvalue weighted by Gasteiger charge is -2.23. The number of hydrogen-bond donors (Lipinski definition) is 1. The molecule has 5 rings (SSSR count). The number of benzene rings is 3. The molecule has 0 bridgehead atoms. The maximum Gasteiger partial charge on any atom is 0.250 e. The topological polar surface area (TPSA) is 67.6 Å². The Morgan fingerprint density at radius 1 is 1.03 bits per heavy atom. The van der Waals surface area contributed by atoms with Gasteiger partial charge in [-0.05, 0) is 72.6 Å². The van der Waals surface area contributed by atoms with Crippen LogP contribution in [0.1, 0.15) is 17.4 Å². The highest BCUT2D eigenvalue weighted by Crippen LogP contribution is 2.35. The van der Waals surface area contributed by atoms with Crippen molar-refractivity contribution in [1.82, 2.24) is 14.7 Å². The molecule has 1 saturated heterocycles. The van der Waals surface area contributed by atoms with Crippen molar-refractivity contribution >= 4 is 17.5 Å². The quantitative estimate of drug-likeness (QED) is 0.417. The summed E-state index contributed by atoms with van der Waals surface area (Å²) >= 11 is 6.04. The van der Waals surface area contributed by atoms with Gasteiger partial charge in [0.25, 0.3) is 5.91 Å². The maximum absolute atomic E-state index is 13.6. The average Bonchev–Trinajstić information content (AvgIpc) is 3.43. The van der Waals surface area contributed by atoms with E-state index in [4.69, 9.17) is 21.4 Å². The minimum atomic E-state index is -0.634. The molecule has 1 aliphatic rings. The van der Waals surface area contributed by atoms with Gasteiger partial charge >= 0.3 is 0 Å². The molecule has 1 atom stereocenters. The molecular formula is C26H21ClFN3O3. The molecule has 1 unspecified atom stereocenters. The van der Waals surface area contributed by atoms with Crippen molar-refractivity contribution in [2.75, 3.05) is 13.2 Å². The molecular weight excluding hydrogens is 457 g/mol. The molecule has 172 valence electrons. The minimum Gasteiger partial charge on any atom is -0.508 e. The first kappa shape index (κ1) is 22.1. The molecule has 2 heterocycles. The molecule has 1 amide bonds. The van der Waals surface area contributed by atoms with Crippen LogP contribution in [0.25, 0.3) is 16.9 Å². The van der Waals surface area contributed by atoms with Gasteiger partial charge in [-0.3, -0.25) is 4.79 Å². The Labute approximate surface area is 200 Å². The summed E-state index contributed by atoms with van der Waals surface area (Å²) in [5.74, 6) is -0.265. The largest absolute Gasteiger partial charge is 0.508 e. The number of carbonyl (C=O) groups is 1. The average molecular weight is 478 g/mol. The van der Waals surface area contributed by atoms with Crippen molar-refractivity contribution in [3.05, 3.63) is 101 Å². The number of halogens is 2. The molecule has 1 aromatic heterocycles. The molecule has 8 heteroatoms. The summed E-state index contributed by atoms with van der Waals surface area (Å²) in [4.78, 5) is 14.4. The van der Waals surface area contributed by atoms with E-state index in [1.165, 1.54) is 12.1 Å². The fraction of sp³-hybridized carbons (Fsp3) is 0.154. The molecule has 4 aromatic rings. The number of ether oxygens (including phenoxy) is 1. The fourth-order valence-corrected chi connectivity index (χ4v) is 4.12. The van der Waals surface area contributed by atoms with E-state index in [-0.39, 0.29) is 24.1 Å². The zero-order chi connectivity index (χ0) is 23.7. The summed E-state index contributed by atoms with van der Waals surface area (Å²) in [6.45, 7) is 0.401. The van der Waals surface area contributed by atoms with Crippen LogP contribution in [0, 0.1) is 5.82 Å². The van der Waals surface area contributed by atoms with Gasteiger partial charge in [-0.25, -0.2) is 9.07 Å². The number of aromatic hydroxyl groups is 1. The number of rotatable bonds is 6. The number of carbonyl (C=O) groups excluding carboxylic acids is 1. The Morgan fingerprint density at radius 3 is 2.44 bits per heavy atom. The molecule has 0 spiro atoms. The van der Waals surface area contributed by atoms with Gasteiger partial charge in [0.1, 0.15) is 23.9 Å². The van der Waals surface area contributed by atoms with E-state index in [0.29, 0.717) is 34.8 Å². The van der Waals surface area contributed by atoms with Crippen molar-refractivity contribution in [3.8, 4) is 22.7 Å². The molecule has 0 radical (unpaired) electrons. The van der Waals surface area contributed by atoms with E-state index < -0.39 is 6.23 Å². The van der Waals surface area contributed by atoms with Gasteiger partial charge in [-0.1, -0.05) is 23.7 Å². The predicted molar refractivity (Wildman–Crippen MR) is 126 cm³/mol. The van der Waals surface area contributed by atoms with Crippen LogP contribution in [0.2, 0.25) is 5.02 Å². The smallest absolute Gasteiger partial charge is 0.250 e. The van der Waals surface area contributed by atoms with Gasteiger partial charge in [0, 0.05) is 28.9 Å². The van der Waals surface area contributed by atoms with Crippen molar-refractivity contribution < 1.29 is 19.0 Å². The lowest BCUT2D eigenvalue weighted by molar-refractivity contribution is -0.128. The van der Waals surface area contributed by atoms with Crippen LogP contribution >= 0.6 is 11.6 Å². The first-order chi connectivity index (χ1) is 16.5. The fourth-order valence-electron chi connectivity index (χ4n) is 3.99. The van der Waals surface area contributed by atoms with Crippen LogP contribution in [-0.4, -0.2) is 38.8 Å². The third-order valence-electron chi connectivity index (χ3n) is 5.76. The van der Waals surface area contributed by atoms with E-state index in [2.05, 4.69) is 0 Å². The number of hydrogen-bond acceptors (Lipinski definition) is 4. The normalized spacial score (nSPS) is 15.8. The van der Waals surface area contributed by atoms with Gasteiger partial charge in [0.05, 0.1) is 5.69 Å². The second-order valence-electron chi connectivity index (χ2n) is 8.03.